The third-order valence-electron chi connectivity index (χ3n) is 3.38. The van der Waals surface area contributed by atoms with E-state index in [4.69, 9.17) is 4.74 Å². The van der Waals surface area contributed by atoms with Crippen molar-refractivity contribution >= 4 is 5.91 Å². The van der Waals surface area contributed by atoms with E-state index in [1.165, 1.54) is 12.1 Å². The van der Waals surface area contributed by atoms with E-state index < -0.39 is 0 Å². The van der Waals surface area contributed by atoms with Gasteiger partial charge in [0.25, 0.3) is 0 Å². The summed E-state index contributed by atoms with van der Waals surface area (Å²) >= 11 is 0. The van der Waals surface area contributed by atoms with Crippen LogP contribution < -0.4 is 10.1 Å². The van der Waals surface area contributed by atoms with Crippen LogP contribution in [-0.4, -0.2) is 31.5 Å². The second kappa shape index (κ2) is 8.29. The number of methoxy groups -OCH3 is 1. The summed E-state index contributed by atoms with van der Waals surface area (Å²) < 4.78 is 18.3. The smallest absolute Gasteiger partial charge is 0.234 e. The van der Waals surface area contributed by atoms with Crippen molar-refractivity contribution in [1.82, 2.24) is 10.2 Å². The summed E-state index contributed by atoms with van der Waals surface area (Å²) in [7, 11) is 3.44. The normalized spacial score (nSPS) is 10.6. The molecule has 0 fully saturated rings. The Kier molecular flexibility index (Phi) is 6.11. The highest BCUT2D eigenvalue weighted by Gasteiger charge is 2.08. The predicted octanol–water partition coefficient (Wildman–Crippen LogP) is 2.58. The number of nitrogens with zero attached hydrogens (tertiary/aromatic N) is 1. The van der Waals surface area contributed by atoms with E-state index in [1.54, 1.807) is 13.2 Å². The molecule has 122 valence electrons. The van der Waals surface area contributed by atoms with Gasteiger partial charge in [0, 0.05) is 13.1 Å². The van der Waals surface area contributed by atoms with Crippen LogP contribution in [-0.2, 0) is 17.9 Å². The third kappa shape index (κ3) is 5.71. The molecule has 0 spiro atoms. The molecule has 5 heteroatoms. The van der Waals surface area contributed by atoms with Crippen LogP contribution in [0.4, 0.5) is 4.39 Å². The van der Waals surface area contributed by atoms with Gasteiger partial charge in [0.15, 0.2) is 0 Å². The van der Waals surface area contributed by atoms with Gasteiger partial charge in [0.2, 0.25) is 5.91 Å². The summed E-state index contributed by atoms with van der Waals surface area (Å²) in [5.74, 6) is 0.421. The van der Waals surface area contributed by atoms with Crippen molar-refractivity contribution in [2.45, 2.75) is 13.1 Å². The molecule has 0 saturated heterocycles. The number of rotatable bonds is 7. The first-order valence-corrected chi connectivity index (χ1v) is 7.39. The first-order valence-electron chi connectivity index (χ1n) is 7.39. The molecule has 0 bridgehead atoms. The lowest BCUT2D eigenvalue weighted by Crippen LogP contribution is -2.34. The molecule has 2 aromatic rings. The van der Waals surface area contributed by atoms with E-state index in [2.05, 4.69) is 5.32 Å². The van der Waals surface area contributed by atoms with E-state index in [0.717, 1.165) is 16.9 Å². The standard InChI is InChI=1S/C18H21FN2O2/c1-21(12-15-6-3-7-16(19)9-15)13-18(22)20-11-14-5-4-8-17(10-14)23-2/h3-10H,11-13H2,1-2H3,(H,20,22). The summed E-state index contributed by atoms with van der Waals surface area (Å²) in [6.07, 6.45) is 0. The van der Waals surface area contributed by atoms with Crippen LogP contribution in [0.2, 0.25) is 0 Å². The highest BCUT2D eigenvalue weighted by atomic mass is 19.1. The Balaban J connectivity index is 1.79. The van der Waals surface area contributed by atoms with Crippen molar-refractivity contribution in [1.29, 1.82) is 0 Å². The number of hydrogen-bond donors (Lipinski definition) is 1. The second-order valence-corrected chi connectivity index (χ2v) is 5.43. The molecule has 0 aliphatic carbocycles. The molecule has 0 radical (unpaired) electrons. The number of halogens is 1. The number of carbonyl (C=O) groups excluding carboxylic acids is 1. The SMILES string of the molecule is COc1cccc(CNC(=O)CN(C)Cc2cccc(F)c2)c1. The lowest BCUT2D eigenvalue weighted by Gasteiger charge is -2.16. The van der Waals surface area contributed by atoms with Crippen LogP contribution in [0.5, 0.6) is 5.75 Å². The van der Waals surface area contributed by atoms with Crippen molar-refractivity contribution in [3.8, 4) is 5.75 Å². The Labute approximate surface area is 135 Å². The molecule has 1 N–H and O–H groups in total. The monoisotopic (exact) mass is 316 g/mol. The maximum atomic E-state index is 13.1. The molecule has 0 aliphatic heterocycles. The number of ether oxygens (including phenoxy) is 1. The molecule has 23 heavy (non-hydrogen) atoms. The lowest BCUT2D eigenvalue weighted by molar-refractivity contribution is -0.122. The van der Waals surface area contributed by atoms with Crippen molar-refractivity contribution in [3.05, 3.63) is 65.5 Å². The quantitative estimate of drug-likeness (QED) is 0.854. The molecular weight excluding hydrogens is 295 g/mol. The number of carbonyl (C=O) groups is 1. The molecule has 0 saturated carbocycles. The molecule has 0 unspecified atom stereocenters. The zero-order valence-corrected chi connectivity index (χ0v) is 13.4. The highest BCUT2D eigenvalue weighted by Crippen LogP contribution is 2.12. The first-order chi connectivity index (χ1) is 11.1. The minimum Gasteiger partial charge on any atom is -0.497 e. The van der Waals surface area contributed by atoms with Crippen molar-refractivity contribution in [2.24, 2.45) is 0 Å². The highest BCUT2D eigenvalue weighted by molar-refractivity contribution is 5.77. The van der Waals surface area contributed by atoms with Gasteiger partial charge in [-0.1, -0.05) is 24.3 Å². The fourth-order valence-corrected chi connectivity index (χ4v) is 2.29. The van der Waals surface area contributed by atoms with Gasteiger partial charge in [-0.05, 0) is 42.4 Å². The maximum absolute atomic E-state index is 13.1. The van der Waals surface area contributed by atoms with E-state index in [9.17, 15) is 9.18 Å². The van der Waals surface area contributed by atoms with Gasteiger partial charge in [-0.3, -0.25) is 9.69 Å². The topological polar surface area (TPSA) is 41.6 Å². The largest absolute Gasteiger partial charge is 0.497 e. The number of likely N-dealkylation sites (N-methyl/N-ethyl adjacent to an activating group) is 1. The van der Waals surface area contributed by atoms with Gasteiger partial charge in [0.1, 0.15) is 11.6 Å². The number of benzene rings is 2. The summed E-state index contributed by atoms with van der Waals surface area (Å²) in [5, 5.41) is 2.87. The van der Waals surface area contributed by atoms with Gasteiger partial charge >= 0.3 is 0 Å². The Bertz CT molecular complexity index is 661. The second-order valence-electron chi connectivity index (χ2n) is 5.43. The minimum absolute atomic E-state index is 0.0771. The minimum atomic E-state index is -0.265. The van der Waals surface area contributed by atoms with E-state index in [1.807, 2.05) is 42.3 Å². The summed E-state index contributed by atoms with van der Waals surface area (Å²) in [5.41, 5.74) is 1.82. The van der Waals surface area contributed by atoms with Crippen LogP contribution >= 0.6 is 0 Å². The summed E-state index contributed by atoms with van der Waals surface area (Å²) in [6.45, 7) is 1.22. The van der Waals surface area contributed by atoms with Crippen LogP contribution in [0, 0.1) is 5.82 Å². The van der Waals surface area contributed by atoms with Crippen molar-refractivity contribution < 1.29 is 13.9 Å². The fourth-order valence-electron chi connectivity index (χ4n) is 2.29. The molecule has 1 amide bonds. The van der Waals surface area contributed by atoms with Crippen LogP contribution in [0.15, 0.2) is 48.5 Å². The zero-order chi connectivity index (χ0) is 16.7. The van der Waals surface area contributed by atoms with Gasteiger partial charge in [0.05, 0.1) is 13.7 Å². The molecule has 0 aliphatic rings. The van der Waals surface area contributed by atoms with Crippen LogP contribution in [0.1, 0.15) is 11.1 Å². The van der Waals surface area contributed by atoms with Gasteiger partial charge < -0.3 is 10.1 Å². The van der Waals surface area contributed by atoms with Crippen molar-refractivity contribution in [2.75, 3.05) is 20.7 Å². The maximum Gasteiger partial charge on any atom is 0.234 e. The van der Waals surface area contributed by atoms with E-state index >= 15 is 0 Å². The van der Waals surface area contributed by atoms with E-state index in [-0.39, 0.29) is 18.3 Å². The van der Waals surface area contributed by atoms with Crippen LogP contribution in [0.3, 0.4) is 0 Å². The lowest BCUT2D eigenvalue weighted by atomic mass is 10.2. The molecule has 2 aromatic carbocycles. The zero-order valence-electron chi connectivity index (χ0n) is 13.4. The number of amides is 1. The molecule has 0 atom stereocenters. The van der Waals surface area contributed by atoms with Gasteiger partial charge in [-0.2, -0.15) is 0 Å². The Hall–Kier alpha value is -2.40. The Morgan fingerprint density at radius 1 is 1.17 bits per heavy atom. The van der Waals surface area contributed by atoms with E-state index in [0.29, 0.717) is 13.1 Å². The Morgan fingerprint density at radius 2 is 1.91 bits per heavy atom. The van der Waals surface area contributed by atoms with Crippen LogP contribution in [0.25, 0.3) is 0 Å². The Morgan fingerprint density at radius 3 is 2.65 bits per heavy atom. The fraction of sp³-hybridized carbons (Fsp3) is 0.278. The predicted molar refractivity (Wildman–Crippen MR) is 87.6 cm³/mol. The molecule has 4 nitrogen and oxygen atoms in total. The summed E-state index contributed by atoms with van der Waals surface area (Å²) in [6, 6.07) is 14.0. The molecule has 2 rings (SSSR count). The van der Waals surface area contributed by atoms with Gasteiger partial charge in [-0.15, -0.1) is 0 Å². The number of nitrogens with one attached hydrogen (secondary N) is 1. The van der Waals surface area contributed by atoms with Gasteiger partial charge in [-0.25, -0.2) is 4.39 Å². The third-order valence-corrected chi connectivity index (χ3v) is 3.38. The first kappa shape index (κ1) is 17.0. The average Bonchev–Trinajstić information content (AvgIpc) is 2.53. The molecular formula is C18H21FN2O2. The average molecular weight is 316 g/mol. The van der Waals surface area contributed by atoms with Crippen molar-refractivity contribution in [3.63, 3.8) is 0 Å². The molecule has 0 heterocycles. The summed E-state index contributed by atoms with van der Waals surface area (Å²) in [4.78, 5) is 13.8. The molecule has 0 aromatic heterocycles. The number of hydrogen-bond acceptors (Lipinski definition) is 3.